The van der Waals surface area contributed by atoms with Gasteiger partial charge >= 0.3 is 0 Å². The number of aryl methyl sites for hydroxylation is 4. The Bertz CT molecular complexity index is 3260. The van der Waals surface area contributed by atoms with Gasteiger partial charge in [-0.25, -0.2) is 19.9 Å². The van der Waals surface area contributed by atoms with E-state index < -0.39 is 0 Å². The van der Waals surface area contributed by atoms with E-state index >= 15 is 0 Å². The Hall–Kier alpha value is -8.08. The summed E-state index contributed by atoms with van der Waals surface area (Å²) in [4.78, 5) is 20.9. The van der Waals surface area contributed by atoms with Crippen molar-refractivity contribution in [2.45, 2.75) is 27.7 Å². The lowest BCUT2D eigenvalue weighted by Crippen LogP contribution is -1.97. The average Bonchev–Trinajstić information content (AvgIpc) is 3.35. The second-order valence-corrected chi connectivity index (χ2v) is 16.7. The minimum absolute atomic E-state index is 0.664. The van der Waals surface area contributed by atoms with Gasteiger partial charge < -0.3 is 0 Å². The molecule has 0 saturated heterocycles. The van der Waals surface area contributed by atoms with Gasteiger partial charge in [-0.3, -0.25) is 0 Å². The van der Waals surface area contributed by atoms with Gasteiger partial charge in [-0.1, -0.05) is 186 Å². The predicted octanol–water partition coefficient (Wildman–Crippen LogP) is 15.5. The Balaban J connectivity index is 1.12. The smallest absolute Gasteiger partial charge is 0.160 e. The maximum Gasteiger partial charge on any atom is 0.160 e. The van der Waals surface area contributed by atoms with Gasteiger partial charge in [-0.2, -0.15) is 0 Å². The number of rotatable bonds is 9. The second-order valence-electron chi connectivity index (χ2n) is 16.7. The maximum atomic E-state index is 5.29. The van der Waals surface area contributed by atoms with Crippen LogP contribution >= 0.6 is 0 Å². The molecule has 8 aromatic carbocycles. The van der Waals surface area contributed by atoms with E-state index in [4.69, 9.17) is 19.9 Å². The minimum atomic E-state index is 0.664. The van der Waals surface area contributed by atoms with Crippen LogP contribution in [0.2, 0.25) is 0 Å². The maximum absolute atomic E-state index is 5.29. The third kappa shape index (κ3) is 8.68. The second kappa shape index (κ2) is 17.4. The largest absolute Gasteiger partial charge is 0.228 e. The fourth-order valence-electron chi connectivity index (χ4n) is 8.08. The lowest BCUT2D eigenvalue weighted by atomic mass is 9.93. The normalized spacial score (nSPS) is 11.1. The summed E-state index contributed by atoms with van der Waals surface area (Å²) in [6.45, 7) is 8.45. The molecular formula is C60H46N4. The van der Waals surface area contributed by atoms with Crippen LogP contribution < -0.4 is 0 Å². The highest BCUT2D eigenvalue weighted by atomic mass is 14.9. The molecule has 10 aromatic rings. The summed E-state index contributed by atoms with van der Waals surface area (Å²) in [5.74, 6) is 1.35. The first-order valence-corrected chi connectivity index (χ1v) is 21.8. The summed E-state index contributed by atoms with van der Waals surface area (Å²) in [6, 6.07) is 73.0. The molecule has 4 nitrogen and oxygen atoms in total. The van der Waals surface area contributed by atoms with Gasteiger partial charge in [-0.15, -0.1) is 0 Å². The van der Waals surface area contributed by atoms with Crippen LogP contribution in [0.4, 0.5) is 0 Å². The number of aromatic nitrogens is 4. The summed E-state index contributed by atoms with van der Waals surface area (Å²) in [7, 11) is 0. The zero-order valence-electron chi connectivity index (χ0n) is 36.4. The van der Waals surface area contributed by atoms with E-state index in [1.54, 1.807) is 0 Å². The van der Waals surface area contributed by atoms with Crippen molar-refractivity contribution in [3.05, 3.63) is 229 Å². The van der Waals surface area contributed by atoms with E-state index in [1.165, 1.54) is 27.8 Å². The SMILES string of the molecule is Cc1ccc(-c2cccc(-c3cc(-c4ccc(C)cc4)nc(-c4cccc(-c5cc(-c6ccc(C)cc6)cc(-c6cc(-c7ccccc7)nc(-c7ccc(C)cc7)n6)c5)c4)n3)c2)cc1. The van der Waals surface area contributed by atoms with Gasteiger partial charge in [0.2, 0.25) is 0 Å². The molecule has 0 atom stereocenters. The molecule has 10 rings (SSSR count). The fraction of sp³-hybridized carbons (Fsp3) is 0.0667. The first-order chi connectivity index (χ1) is 31.3. The average molecular weight is 823 g/mol. The van der Waals surface area contributed by atoms with Crippen LogP contribution in [0.25, 0.3) is 101 Å². The molecule has 0 aliphatic rings. The third-order valence-corrected chi connectivity index (χ3v) is 11.8. The Kier molecular flexibility index (Phi) is 10.9. The zero-order valence-corrected chi connectivity index (χ0v) is 36.4. The highest BCUT2D eigenvalue weighted by Gasteiger charge is 2.16. The van der Waals surface area contributed by atoms with Crippen LogP contribution in [-0.2, 0) is 0 Å². The Labute approximate surface area is 375 Å². The van der Waals surface area contributed by atoms with E-state index in [-0.39, 0.29) is 0 Å². The van der Waals surface area contributed by atoms with Crippen LogP contribution in [-0.4, -0.2) is 19.9 Å². The van der Waals surface area contributed by atoms with Crippen LogP contribution in [0.5, 0.6) is 0 Å². The first-order valence-electron chi connectivity index (χ1n) is 21.8. The molecule has 64 heavy (non-hydrogen) atoms. The van der Waals surface area contributed by atoms with Gasteiger partial charge in [0, 0.05) is 33.4 Å². The Morgan fingerprint density at radius 2 is 0.516 bits per heavy atom. The molecule has 2 aromatic heterocycles. The van der Waals surface area contributed by atoms with Crippen LogP contribution in [0.1, 0.15) is 22.3 Å². The van der Waals surface area contributed by atoms with Crippen LogP contribution in [0.3, 0.4) is 0 Å². The summed E-state index contributed by atoms with van der Waals surface area (Å²) < 4.78 is 0. The molecule has 0 spiro atoms. The first kappa shape index (κ1) is 40.0. The number of nitrogens with zero attached hydrogens (tertiary/aromatic N) is 4. The molecule has 306 valence electrons. The van der Waals surface area contributed by atoms with E-state index in [9.17, 15) is 0 Å². The van der Waals surface area contributed by atoms with Crippen LogP contribution in [0, 0.1) is 27.7 Å². The fourth-order valence-corrected chi connectivity index (χ4v) is 8.08. The van der Waals surface area contributed by atoms with Crippen molar-refractivity contribution in [1.29, 1.82) is 0 Å². The van der Waals surface area contributed by atoms with Gasteiger partial charge in [-0.05, 0) is 104 Å². The molecule has 0 fully saturated rings. The molecule has 0 bridgehead atoms. The summed E-state index contributed by atoms with van der Waals surface area (Å²) in [6.07, 6.45) is 0. The third-order valence-electron chi connectivity index (χ3n) is 11.8. The summed E-state index contributed by atoms with van der Waals surface area (Å²) >= 11 is 0. The Morgan fingerprint density at radius 1 is 0.203 bits per heavy atom. The molecular weight excluding hydrogens is 777 g/mol. The van der Waals surface area contributed by atoms with E-state index in [2.05, 4.69) is 228 Å². The molecule has 2 heterocycles. The molecule has 0 unspecified atom stereocenters. The molecule has 0 N–H and O–H groups in total. The Morgan fingerprint density at radius 3 is 1.06 bits per heavy atom. The minimum Gasteiger partial charge on any atom is -0.228 e. The van der Waals surface area contributed by atoms with Crippen molar-refractivity contribution < 1.29 is 0 Å². The summed E-state index contributed by atoms with van der Waals surface area (Å²) in [5.41, 5.74) is 21.0. The van der Waals surface area contributed by atoms with E-state index in [0.29, 0.717) is 11.6 Å². The van der Waals surface area contributed by atoms with Gasteiger partial charge in [0.1, 0.15) is 0 Å². The van der Waals surface area contributed by atoms with E-state index in [1.807, 2.05) is 6.07 Å². The van der Waals surface area contributed by atoms with Crippen molar-refractivity contribution in [2.75, 3.05) is 0 Å². The molecule has 0 radical (unpaired) electrons. The molecule has 4 heteroatoms. The highest BCUT2D eigenvalue weighted by molar-refractivity contribution is 5.84. The van der Waals surface area contributed by atoms with Crippen molar-refractivity contribution in [3.8, 4) is 101 Å². The van der Waals surface area contributed by atoms with Gasteiger partial charge in [0.25, 0.3) is 0 Å². The molecule has 0 aliphatic heterocycles. The highest BCUT2D eigenvalue weighted by Crippen LogP contribution is 2.37. The monoisotopic (exact) mass is 822 g/mol. The molecule has 0 aliphatic carbocycles. The van der Waals surface area contributed by atoms with Crippen molar-refractivity contribution >= 4 is 0 Å². The lowest BCUT2D eigenvalue weighted by molar-refractivity contribution is 1.18. The zero-order chi connectivity index (χ0) is 43.6. The van der Waals surface area contributed by atoms with E-state index in [0.717, 1.165) is 84.0 Å². The van der Waals surface area contributed by atoms with Gasteiger partial charge in [0.05, 0.1) is 22.8 Å². The van der Waals surface area contributed by atoms with Crippen molar-refractivity contribution in [1.82, 2.24) is 19.9 Å². The lowest BCUT2D eigenvalue weighted by Gasteiger charge is -2.14. The van der Waals surface area contributed by atoms with Crippen molar-refractivity contribution in [2.24, 2.45) is 0 Å². The number of hydrogen-bond acceptors (Lipinski definition) is 4. The van der Waals surface area contributed by atoms with Crippen molar-refractivity contribution in [3.63, 3.8) is 0 Å². The standard InChI is InChI=1S/C60H46N4/c1-39-16-24-43(25-17-39)48-12-8-14-50(32-48)57-37-56(46-28-20-41(3)21-29-46)62-60(63-57)51-15-9-13-49(33-51)53-34-52(44-26-18-40(2)19-27-44)35-54(36-53)58-38-55(45-10-6-5-7-11-45)61-59(64-58)47-30-22-42(4)23-31-47/h5-38H,1-4H3. The molecule has 0 amide bonds. The number of benzene rings is 8. The van der Waals surface area contributed by atoms with Crippen LogP contribution in [0.15, 0.2) is 206 Å². The molecule has 0 saturated carbocycles. The number of hydrogen-bond donors (Lipinski definition) is 0. The van der Waals surface area contributed by atoms with Gasteiger partial charge in [0.15, 0.2) is 11.6 Å². The quantitative estimate of drug-likeness (QED) is 0.145. The predicted molar refractivity (Wildman–Crippen MR) is 265 cm³/mol. The topological polar surface area (TPSA) is 51.6 Å². The summed E-state index contributed by atoms with van der Waals surface area (Å²) in [5, 5.41) is 0.